The molecule has 0 radical (unpaired) electrons. The number of halogens is 1. The van der Waals surface area contributed by atoms with E-state index in [1.807, 2.05) is 0 Å². The number of hydrogen-bond acceptors (Lipinski definition) is 2. The molecular weight excluding hydrogens is 226 g/mol. The van der Waals surface area contributed by atoms with Gasteiger partial charge in [0.25, 0.3) is 0 Å². The van der Waals surface area contributed by atoms with Crippen LogP contribution in [0.5, 0.6) is 0 Å². The fourth-order valence-electron chi connectivity index (χ4n) is 2.83. The van der Waals surface area contributed by atoms with Crippen LogP contribution in [-0.2, 0) is 6.42 Å². The van der Waals surface area contributed by atoms with Gasteiger partial charge in [0, 0.05) is 17.0 Å². The van der Waals surface area contributed by atoms with Crippen molar-refractivity contribution in [2.45, 2.75) is 44.7 Å². The average molecular weight is 242 g/mol. The van der Waals surface area contributed by atoms with Crippen LogP contribution < -0.4 is 5.32 Å². The molecule has 0 saturated heterocycles. The smallest absolute Gasteiger partial charge is 0.0934 e. The van der Waals surface area contributed by atoms with Gasteiger partial charge in [-0.05, 0) is 43.2 Å². The Morgan fingerprint density at radius 2 is 2.27 bits per heavy atom. The molecule has 1 aromatic heterocycles. The third kappa shape index (κ3) is 1.83. The molecule has 15 heavy (non-hydrogen) atoms. The highest BCUT2D eigenvalue weighted by Crippen LogP contribution is 2.40. The number of thiophene rings is 1. The van der Waals surface area contributed by atoms with E-state index in [-0.39, 0.29) is 0 Å². The maximum Gasteiger partial charge on any atom is 0.0934 e. The number of aryl methyl sites for hydroxylation is 1. The average Bonchev–Trinajstić information content (AvgIpc) is 2.64. The predicted molar refractivity (Wildman–Crippen MR) is 65.7 cm³/mol. The molecule has 0 spiro atoms. The third-order valence-corrected chi connectivity index (χ3v) is 5.00. The van der Waals surface area contributed by atoms with E-state index < -0.39 is 0 Å². The van der Waals surface area contributed by atoms with Crippen molar-refractivity contribution in [1.29, 1.82) is 0 Å². The molecule has 1 nitrogen and oxygen atoms in total. The predicted octanol–water partition coefficient (Wildman–Crippen LogP) is 3.78. The summed E-state index contributed by atoms with van der Waals surface area (Å²) in [5.74, 6) is 0.925. The van der Waals surface area contributed by atoms with Crippen molar-refractivity contribution < 1.29 is 0 Å². The van der Waals surface area contributed by atoms with Gasteiger partial charge >= 0.3 is 0 Å². The van der Waals surface area contributed by atoms with E-state index in [1.54, 1.807) is 11.3 Å². The monoisotopic (exact) mass is 241 g/mol. The molecule has 0 bridgehead atoms. The summed E-state index contributed by atoms with van der Waals surface area (Å²) >= 11 is 7.80. The molecule has 1 unspecified atom stereocenters. The molecule has 1 fully saturated rings. The molecule has 1 atom stereocenters. The van der Waals surface area contributed by atoms with Crippen LogP contribution in [-0.4, -0.2) is 6.04 Å². The molecule has 1 saturated carbocycles. The largest absolute Gasteiger partial charge is 0.307 e. The quantitative estimate of drug-likeness (QED) is 0.831. The molecule has 1 N–H and O–H groups in total. The fraction of sp³-hybridized carbons (Fsp3) is 0.667. The van der Waals surface area contributed by atoms with Crippen molar-refractivity contribution in [3.63, 3.8) is 0 Å². The first-order valence-corrected chi connectivity index (χ1v) is 6.96. The van der Waals surface area contributed by atoms with Crippen molar-refractivity contribution in [3.05, 3.63) is 20.8 Å². The van der Waals surface area contributed by atoms with Crippen LogP contribution in [0.2, 0.25) is 4.34 Å². The maximum absolute atomic E-state index is 6.04. The van der Waals surface area contributed by atoms with Crippen molar-refractivity contribution in [1.82, 2.24) is 5.32 Å². The lowest BCUT2D eigenvalue weighted by molar-refractivity contribution is 0.222. The summed E-state index contributed by atoms with van der Waals surface area (Å²) < 4.78 is 0.952. The van der Waals surface area contributed by atoms with Crippen molar-refractivity contribution in [2.24, 2.45) is 5.92 Å². The van der Waals surface area contributed by atoms with Gasteiger partial charge in [0.15, 0.2) is 0 Å². The van der Waals surface area contributed by atoms with E-state index in [4.69, 9.17) is 11.6 Å². The van der Waals surface area contributed by atoms with Gasteiger partial charge in [0.1, 0.15) is 0 Å². The summed E-state index contributed by atoms with van der Waals surface area (Å²) in [4.78, 5) is 1.50. The topological polar surface area (TPSA) is 12.0 Å². The van der Waals surface area contributed by atoms with Crippen LogP contribution in [0, 0.1) is 5.92 Å². The summed E-state index contributed by atoms with van der Waals surface area (Å²) in [6.07, 6.45) is 5.18. The zero-order valence-corrected chi connectivity index (χ0v) is 10.5. The summed E-state index contributed by atoms with van der Waals surface area (Å²) in [6.45, 7) is 2.33. The van der Waals surface area contributed by atoms with Crippen molar-refractivity contribution >= 4 is 22.9 Å². The van der Waals surface area contributed by atoms with Gasteiger partial charge in [-0.15, -0.1) is 11.3 Å². The first-order valence-electron chi connectivity index (χ1n) is 5.76. The van der Waals surface area contributed by atoms with Crippen LogP contribution >= 0.6 is 22.9 Å². The Bertz CT molecular complexity index is 368. The zero-order chi connectivity index (χ0) is 10.4. The number of nitrogens with one attached hydrogen (secondary N) is 1. The molecule has 0 aromatic carbocycles. The lowest BCUT2D eigenvalue weighted by Gasteiger charge is -2.35. The summed E-state index contributed by atoms with van der Waals surface area (Å²) in [7, 11) is 0. The van der Waals surface area contributed by atoms with E-state index in [1.165, 1.54) is 36.1 Å². The lowest BCUT2D eigenvalue weighted by Crippen LogP contribution is -2.41. The zero-order valence-electron chi connectivity index (χ0n) is 8.92. The van der Waals surface area contributed by atoms with Gasteiger partial charge in [0.2, 0.25) is 0 Å². The first-order chi connectivity index (χ1) is 7.22. The highest BCUT2D eigenvalue weighted by atomic mass is 35.5. The third-order valence-electron chi connectivity index (χ3n) is 3.66. The Morgan fingerprint density at radius 1 is 1.47 bits per heavy atom. The second-order valence-corrected chi connectivity index (χ2v) is 6.73. The molecule has 3 heteroatoms. The molecule has 1 aromatic rings. The van der Waals surface area contributed by atoms with Crippen LogP contribution in [0.4, 0.5) is 0 Å². The van der Waals surface area contributed by atoms with Gasteiger partial charge in [-0.25, -0.2) is 0 Å². The molecule has 0 aliphatic heterocycles. The minimum Gasteiger partial charge on any atom is -0.307 e. The number of hydrogen-bond donors (Lipinski definition) is 1. The Labute approximate surface area is 99.8 Å². The van der Waals surface area contributed by atoms with Crippen molar-refractivity contribution in [3.8, 4) is 0 Å². The Balaban J connectivity index is 1.68. The Morgan fingerprint density at radius 3 is 3.00 bits per heavy atom. The summed E-state index contributed by atoms with van der Waals surface area (Å²) in [6, 6.07) is 3.50. The standard InChI is InChI=1S/C12H16ClNS/c1-7-4-8(5-7)14-10-2-3-11-9(10)6-12(13)15-11/h6-8,10,14H,2-5H2,1H3. The highest BCUT2D eigenvalue weighted by Gasteiger charge is 2.31. The van der Waals surface area contributed by atoms with Gasteiger partial charge in [-0.1, -0.05) is 18.5 Å². The second kappa shape index (κ2) is 3.76. The minimum absolute atomic E-state index is 0.584. The SMILES string of the molecule is CC1CC(NC2CCc3sc(Cl)cc32)C1. The van der Waals surface area contributed by atoms with E-state index in [2.05, 4.69) is 18.3 Å². The Kier molecular flexibility index (Phi) is 2.54. The minimum atomic E-state index is 0.584. The first kappa shape index (κ1) is 10.1. The molecule has 3 rings (SSSR count). The van der Waals surface area contributed by atoms with Gasteiger partial charge in [0.05, 0.1) is 4.34 Å². The van der Waals surface area contributed by atoms with Crippen LogP contribution in [0.25, 0.3) is 0 Å². The highest BCUT2D eigenvalue weighted by molar-refractivity contribution is 7.16. The van der Waals surface area contributed by atoms with Crippen LogP contribution in [0.3, 0.4) is 0 Å². The Hall–Kier alpha value is -0.0500. The van der Waals surface area contributed by atoms with E-state index >= 15 is 0 Å². The number of rotatable bonds is 2. The van der Waals surface area contributed by atoms with Gasteiger partial charge in [-0.2, -0.15) is 0 Å². The second-order valence-electron chi connectivity index (χ2n) is 4.96. The molecule has 1 heterocycles. The molecule has 2 aliphatic carbocycles. The van der Waals surface area contributed by atoms with Crippen LogP contribution in [0.1, 0.15) is 42.7 Å². The lowest BCUT2D eigenvalue weighted by atomic mass is 9.81. The van der Waals surface area contributed by atoms with Crippen molar-refractivity contribution in [2.75, 3.05) is 0 Å². The number of fused-ring (bicyclic) bond motifs is 1. The summed E-state index contributed by atoms with van der Waals surface area (Å²) in [5, 5.41) is 3.76. The molecular formula is C12H16ClNS. The van der Waals surface area contributed by atoms with E-state index in [0.29, 0.717) is 6.04 Å². The normalized spacial score (nSPS) is 33.9. The van der Waals surface area contributed by atoms with Gasteiger partial charge in [-0.3, -0.25) is 0 Å². The fourth-order valence-corrected chi connectivity index (χ4v) is 4.18. The summed E-state index contributed by atoms with van der Waals surface area (Å²) in [5.41, 5.74) is 1.48. The van der Waals surface area contributed by atoms with Gasteiger partial charge < -0.3 is 5.32 Å². The molecule has 2 aliphatic rings. The molecule has 0 amide bonds. The van der Waals surface area contributed by atoms with E-state index in [9.17, 15) is 0 Å². The van der Waals surface area contributed by atoms with E-state index in [0.717, 1.165) is 16.3 Å². The van der Waals surface area contributed by atoms with Crippen LogP contribution in [0.15, 0.2) is 6.07 Å². The molecule has 82 valence electrons. The maximum atomic E-state index is 6.04.